The van der Waals surface area contributed by atoms with Crippen molar-refractivity contribution in [3.8, 4) is 0 Å². The first kappa shape index (κ1) is 10.8. The third-order valence-corrected chi connectivity index (χ3v) is 1.36. The van der Waals surface area contributed by atoms with Gasteiger partial charge in [0, 0.05) is 0 Å². The van der Waals surface area contributed by atoms with Crippen LogP contribution in [0.2, 0.25) is 0 Å². The second-order valence-electron chi connectivity index (χ2n) is 1.86. The van der Waals surface area contributed by atoms with E-state index in [1.807, 2.05) is 0 Å². The lowest BCUT2D eigenvalue weighted by Gasteiger charge is -2.01. The fourth-order valence-corrected chi connectivity index (χ4v) is 0.782. The van der Waals surface area contributed by atoms with Gasteiger partial charge in [0.2, 0.25) is 0 Å². The van der Waals surface area contributed by atoms with Crippen LogP contribution in [-0.2, 0) is 19.0 Å². The van der Waals surface area contributed by atoms with Crippen molar-refractivity contribution in [3.63, 3.8) is 0 Å². The second-order valence-corrected chi connectivity index (χ2v) is 3.51. The van der Waals surface area contributed by atoms with Gasteiger partial charge in [-0.25, -0.2) is 0 Å². The van der Waals surface area contributed by atoms with E-state index in [1.54, 1.807) is 0 Å². The minimum atomic E-state index is -3.35. The van der Waals surface area contributed by atoms with Crippen LogP contribution in [-0.4, -0.2) is 46.2 Å². The molecule has 0 radical (unpaired) electrons. The Morgan fingerprint density at radius 1 is 1.27 bits per heavy atom. The minimum absolute atomic E-state index is 0.00116. The van der Waals surface area contributed by atoms with Gasteiger partial charge in [-0.2, -0.15) is 8.42 Å². The Morgan fingerprint density at radius 3 is 2.36 bits per heavy atom. The average Bonchev–Trinajstić information content (AvgIpc) is 1.85. The Labute approximate surface area is 66.1 Å². The topological polar surface area (TPSA) is 72.8 Å². The lowest BCUT2D eigenvalue weighted by molar-refractivity contribution is 0.0721. The summed E-state index contributed by atoms with van der Waals surface area (Å²) in [6.45, 7) is 0.304. The van der Waals surface area contributed by atoms with E-state index in [9.17, 15) is 8.42 Å². The summed E-state index contributed by atoms with van der Waals surface area (Å²) in [7, 11) is -3.35. The van der Waals surface area contributed by atoms with Crippen LogP contribution in [0.25, 0.3) is 0 Å². The summed E-state index contributed by atoms with van der Waals surface area (Å²) in [6, 6.07) is 0. The molecule has 0 aromatic heterocycles. The van der Waals surface area contributed by atoms with Crippen LogP contribution < -0.4 is 0 Å². The Kier molecular flexibility index (Phi) is 5.39. The zero-order valence-electron chi connectivity index (χ0n) is 6.32. The molecule has 11 heavy (non-hydrogen) atoms. The molecule has 0 bridgehead atoms. The lowest BCUT2D eigenvalue weighted by atomic mass is 10.7. The molecule has 0 aliphatic rings. The summed E-state index contributed by atoms with van der Waals surface area (Å²) in [4.78, 5) is 0. The summed E-state index contributed by atoms with van der Waals surface area (Å²) >= 11 is 0. The standard InChI is InChI=1S/C5H12O5S/c1-11(7,8)10-5-4-9-3-2-6/h6H,2-5H2,1H3. The molecule has 0 aliphatic heterocycles. The normalized spacial score (nSPS) is 11.8. The van der Waals surface area contributed by atoms with Gasteiger partial charge in [0.1, 0.15) is 0 Å². The molecule has 1 N–H and O–H groups in total. The van der Waals surface area contributed by atoms with Crippen LogP contribution in [0.15, 0.2) is 0 Å². The van der Waals surface area contributed by atoms with Crippen molar-refractivity contribution < 1.29 is 22.4 Å². The molecule has 68 valence electrons. The molecule has 0 aromatic rings. The van der Waals surface area contributed by atoms with Crippen molar-refractivity contribution in [2.75, 3.05) is 32.7 Å². The highest BCUT2D eigenvalue weighted by Gasteiger charge is 1.99. The maximum Gasteiger partial charge on any atom is 0.264 e. The van der Waals surface area contributed by atoms with Gasteiger partial charge in [0.05, 0.1) is 32.7 Å². The zero-order valence-corrected chi connectivity index (χ0v) is 7.13. The number of aliphatic hydroxyl groups is 1. The van der Waals surface area contributed by atoms with E-state index in [1.165, 1.54) is 0 Å². The molecule has 0 spiro atoms. The molecule has 0 atom stereocenters. The van der Waals surface area contributed by atoms with E-state index in [0.717, 1.165) is 6.26 Å². The van der Waals surface area contributed by atoms with Gasteiger partial charge >= 0.3 is 0 Å². The van der Waals surface area contributed by atoms with Gasteiger partial charge in [0.25, 0.3) is 10.1 Å². The van der Waals surface area contributed by atoms with Gasteiger partial charge in [-0.05, 0) is 0 Å². The van der Waals surface area contributed by atoms with E-state index >= 15 is 0 Å². The first-order chi connectivity index (χ1) is 5.06. The molecule has 0 saturated carbocycles. The molecule has 0 amide bonds. The van der Waals surface area contributed by atoms with Crippen LogP contribution in [0.3, 0.4) is 0 Å². The van der Waals surface area contributed by atoms with Gasteiger partial charge < -0.3 is 9.84 Å². The van der Waals surface area contributed by atoms with Gasteiger partial charge in [-0.3, -0.25) is 4.18 Å². The van der Waals surface area contributed by atoms with Crippen molar-refractivity contribution in [1.29, 1.82) is 0 Å². The van der Waals surface area contributed by atoms with Crippen molar-refractivity contribution in [3.05, 3.63) is 0 Å². The van der Waals surface area contributed by atoms with Gasteiger partial charge in [-0.1, -0.05) is 0 Å². The highest BCUT2D eigenvalue weighted by Crippen LogP contribution is 1.85. The van der Waals surface area contributed by atoms with Crippen LogP contribution >= 0.6 is 0 Å². The lowest BCUT2D eigenvalue weighted by Crippen LogP contribution is -2.10. The van der Waals surface area contributed by atoms with E-state index in [0.29, 0.717) is 0 Å². The molecule has 0 fully saturated rings. The first-order valence-electron chi connectivity index (χ1n) is 3.09. The molecular formula is C5H12O5S. The van der Waals surface area contributed by atoms with Gasteiger partial charge in [-0.15, -0.1) is 0 Å². The Morgan fingerprint density at radius 2 is 1.91 bits per heavy atom. The summed E-state index contributed by atoms with van der Waals surface area (Å²) in [5.41, 5.74) is 0. The highest BCUT2D eigenvalue weighted by atomic mass is 32.2. The van der Waals surface area contributed by atoms with Crippen molar-refractivity contribution in [2.24, 2.45) is 0 Å². The monoisotopic (exact) mass is 184 g/mol. The summed E-state index contributed by atoms with van der Waals surface area (Å²) in [6.07, 6.45) is 0.971. The molecule has 0 aromatic carbocycles. The van der Waals surface area contributed by atoms with Crippen LogP contribution in [0.1, 0.15) is 0 Å². The molecular weight excluding hydrogens is 172 g/mol. The predicted molar refractivity (Wildman–Crippen MR) is 38.7 cm³/mol. The molecule has 6 heteroatoms. The maximum atomic E-state index is 10.3. The van der Waals surface area contributed by atoms with Crippen LogP contribution in [0, 0.1) is 0 Å². The third-order valence-electron chi connectivity index (χ3n) is 0.761. The largest absolute Gasteiger partial charge is 0.394 e. The zero-order chi connectivity index (χ0) is 8.74. The molecule has 0 heterocycles. The molecule has 0 saturated heterocycles. The van der Waals surface area contributed by atoms with E-state index in [2.05, 4.69) is 4.18 Å². The molecule has 0 unspecified atom stereocenters. The minimum Gasteiger partial charge on any atom is -0.394 e. The highest BCUT2D eigenvalue weighted by molar-refractivity contribution is 7.85. The second kappa shape index (κ2) is 5.48. The quantitative estimate of drug-likeness (QED) is 0.422. The van der Waals surface area contributed by atoms with Crippen molar-refractivity contribution in [1.82, 2.24) is 0 Å². The summed E-state index contributed by atoms with van der Waals surface area (Å²) in [5.74, 6) is 0. The van der Waals surface area contributed by atoms with E-state index < -0.39 is 10.1 Å². The van der Waals surface area contributed by atoms with Gasteiger partial charge in [0.15, 0.2) is 0 Å². The average molecular weight is 184 g/mol. The number of ether oxygens (including phenoxy) is 1. The summed E-state index contributed by atoms with van der Waals surface area (Å²) < 4.78 is 29.8. The van der Waals surface area contributed by atoms with Crippen LogP contribution in [0.5, 0.6) is 0 Å². The SMILES string of the molecule is CS(=O)(=O)OCCOCCO. The Bertz CT molecular complexity index is 173. The first-order valence-corrected chi connectivity index (χ1v) is 4.91. The predicted octanol–water partition coefficient (Wildman–Crippen LogP) is -1.03. The number of hydrogen-bond acceptors (Lipinski definition) is 5. The van der Waals surface area contributed by atoms with E-state index in [4.69, 9.17) is 9.84 Å². The Hall–Kier alpha value is -0.170. The van der Waals surface area contributed by atoms with Crippen LogP contribution in [0.4, 0.5) is 0 Å². The third kappa shape index (κ3) is 9.83. The molecule has 5 nitrogen and oxygen atoms in total. The number of aliphatic hydroxyl groups excluding tert-OH is 1. The summed E-state index contributed by atoms with van der Waals surface area (Å²) in [5, 5.41) is 8.24. The van der Waals surface area contributed by atoms with E-state index in [-0.39, 0.29) is 26.4 Å². The number of hydrogen-bond donors (Lipinski definition) is 1. The molecule has 0 aliphatic carbocycles. The van der Waals surface area contributed by atoms with Crippen molar-refractivity contribution in [2.45, 2.75) is 0 Å². The van der Waals surface area contributed by atoms with Crippen molar-refractivity contribution >= 4 is 10.1 Å². The molecule has 0 rings (SSSR count). The number of rotatable bonds is 6. The fourth-order valence-electron chi connectivity index (χ4n) is 0.411. The maximum absolute atomic E-state index is 10.3. The Balaban J connectivity index is 3.16. The smallest absolute Gasteiger partial charge is 0.264 e. The fraction of sp³-hybridized carbons (Fsp3) is 1.00.